The summed E-state index contributed by atoms with van der Waals surface area (Å²) in [6.45, 7) is 9.55. The van der Waals surface area contributed by atoms with Crippen molar-refractivity contribution in [2.75, 3.05) is 13.2 Å². The first-order valence-electron chi connectivity index (χ1n) is 14.3. The molecule has 4 N–H and O–H groups in total. The van der Waals surface area contributed by atoms with Crippen LogP contribution in [0.15, 0.2) is 35.9 Å². The van der Waals surface area contributed by atoms with Crippen LogP contribution < -0.4 is 0 Å². The fourth-order valence-electron chi connectivity index (χ4n) is 8.54. The fourth-order valence-corrected chi connectivity index (χ4v) is 8.85. The summed E-state index contributed by atoms with van der Waals surface area (Å²) in [5, 5.41) is 14.4. The monoisotopic (exact) mass is 589 g/mol. The van der Waals surface area contributed by atoms with E-state index in [1.54, 1.807) is 0 Å². The molecule has 3 aliphatic carbocycles. The number of ether oxygens (including phenoxy) is 3. The Balaban J connectivity index is 1.50. The van der Waals surface area contributed by atoms with Gasteiger partial charge in [-0.1, -0.05) is 32.0 Å². The lowest BCUT2D eigenvalue weighted by Crippen LogP contribution is -2.74. The number of aromatic nitrogens is 1. The van der Waals surface area contributed by atoms with E-state index in [2.05, 4.69) is 35.5 Å². The standard InChI is InChI=1S/C30H40NO9P/c1-18-26(2,3)40-29(39-18)12-11-27(4)28(5)19(16-21-20-8-6-7-9-22(20)31-25(21)28)17-24(30(27,33)23(29)10-13-32)37-14-15-38-41(34,35)36/h6-10,13,18-19,24,31,33H,11-12,14-17H2,1-5H3,(H2,34,35,36)/b23-10+/t18?,19-,24+,27?,28-,29+,30+/m1/s1. The molecule has 4 aliphatic rings. The van der Waals surface area contributed by atoms with Crippen LogP contribution in [0.5, 0.6) is 0 Å². The van der Waals surface area contributed by atoms with Crippen molar-refractivity contribution in [1.29, 1.82) is 0 Å². The molecular formula is C30H40NO9P. The Bertz CT molecular complexity index is 1460. The third-order valence-corrected chi connectivity index (χ3v) is 11.5. The second-order valence-corrected chi connectivity index (χ2v) is 14.3. The minimum Gasteiger partial charge on any atom is -0.382 e. The number of rotatable bonds is 6. The molecule has 6 rings (SSSR count). The maximum atomic E-state index is 13.2. The number of fused-ring (bicyclic) bond motifs is 7. The van der Waals surface area contributed by atoms with E-state index in [0.29, 0.717) is 31.1 Å². The molecule has 1 saturated heterocycles. The summed E-state index contributed by atoms with van der Waals surface area (Å²) in [5.41, 5.74) is -0.0592. The Morgan fingerprint density at radius 3 is 2.54 bits per heavy atom. The Morgan fingerprint density at radius 2 is 1.88 bits per heavy atom. The Kier molecular flexibility index (Phi) is 6.63. The molecule has 0 radical (unpaired) electrons. The van der Waals surface area contributed by atoms with Crippen LogP contribution in [-0.2, 0) is 39.9 Å². The van der Waals surface area contributed by atoms with Crippen LogP contribution >= 0.6 is 7.82 Å². The van der Waals surface area contributed by atoms with E-state index in [1.165, 1.54) is 11.6 Å². The fraction of sp³-hybridized carbons (Fsp3) is 0.633. The van der Waals surface area contributed by atoms with Crippen molar-refractivity contribution in [1.82, 2.24) is 4.98 Å². The zero-order valence-corrected chi connectivity index (χ0v) is 25.1. The largest absolute Gasteiger partial charge is 0.469 e. The van der Waals surface area contributed by atoms with Gasteiger partial charge in [0.05, 0.1) is 31.0 Å². The highest BCUT2D eigenvalue weighted by Crippen LogP contribution is 2.71. The van der Waals surface area contributed by atoms with Gasteiger partial charge in [0.2, 0.25) is 0 Å². The first-order chi connectivity index (χ1) is 19.1. The predicted octanol–water partition coefficient (Wildman–Crippen LogP) is 4.06. The van der Waals surface area contributed by atoms with Crippen LogP contribution in [0.2, 0.25) is 0 Å². The number of para-hydroxylation sites is 1. The summed E-state index contributed by atoms with van der Waals surface area (Å²) in [4.78, 5) is 34.3. The number of phosphoric acid groups is 1. The van der Waals surface area contributed by atoms with Crippen LogP contribution in [0.1, 0.15) is 65.1 Å². The Hall–Kier alpha value is -1.88. The number of aldehydes is 1. The number of H-pyrrole nitrogens is 1. The lowest BCUT2D eigenvalue weighted by Gasteiger charge is -2.67. The van der Waals surface area contributed by atoms with Gasteiger partial charge in [-0.15, -0.1) is 0 Å². The smallest absolute Gasteiger partial charge is 0.382 e. The van der Waals surface area contributed by atoms with Gasteiger partial charge in [0.15, 0.2) is 5.79 Å². The molecule has 3 fully saturated rings. The van der Waals surface area contributed by atoms with Gasteiger partial charge in [-0.3, -0.25) is 9.32 Å². The predicted molar refractivity (Wildman–Crippen MR) is 150 cm³/mol. The molecule has 2 aromatic rings. The molecule has 0 bridgehead atoms. The minimum atomic E-state index is -4.69. The van der Waals surface area contributed by atoms with E-state index in [9.17, 15) is 24.3 Å². The highest BCUT2D eigenvalue weighted by atomic mass is 31.2. The lowest BCUT2D eigenvalue weighted by atomic mass is 9.41. The van der Waals surface area contributed by atoms with Gasteiger partial charge < -0.3 is 34.1 Å². The van der Waals surface area contributed by atoms with Crippen molar-refractivity contribution in [2.45, 2.75) is 94.9 Å². The molecule has 10 nitrogen and oxygen atoms in total. The average Bonchev–Trinajstić information content (AvgIpc) is 3.48. The summed E-state index contributed by atoms with van der Waals surface area (Å²) < 4.78 is 35.3. The van der Waals surface area contributed by atoms with Crippen molar-refractivity contribution in [3.63, 3.8) is 0 Å². The van der Waals surface area contributed by atoms with Gasteiger partial charge in [0, 0.05) is 39.4 Å². The molecule has 2 saturated carbocycles. The number of aromatic amines is 1. The SMILES string of the molecule is CC1O[C@@]2(CCC3(C)[C@@]4(C)c5[nH]c6ccccc6c5C[C@@H]4C[C@H](OCCOP(=O)(O)O)[C@@]3(O)/C2=C/C=O)OC1(C)C. The minimum absolute atomic E-state index is 0.0960. The summed E-state index contributed by atoms with van der Waals surface area (Å²) in [6, 6.07) is 8.21. The Labute approximate surface area is 239 Å². The lowest BCUT2D eigenvalue weighted by molar-refractivity contribution is -0.279. The molecule has 0 amide bonds. The zero-order valence-electron chi connectivity index (χ0n) is 24.2. The number of carbonyl (C=O) groups is 1. The first kappa shape index (κ1) is 29.2. The van der Waals surface area contributed by atoms with E-state index in [0.717, 1.165) is 23.0 Å². The highest BCUT2D eigenvalue weighted by Gasteiger charge is 2.76. The average molecular weight is 590 g/mol. The van der Waals surface area contributed by atoms with Crippen LogP contribution in [0, 0.1) is 11.3 Å². The molecule has 1 aliphatic heterocycles. The number of hydrogen-bond donors (Lipinski definition) is 4. The van der Waals surface area contributed by atoms with Crippen LogP contribution in [0.4, 0.5) is 0 Å². The van der Waals surface area contributed by atoms with E-state index < -0.39 is 41.7 Å². The number of allylic oxidation sites excluding steroid dienone is 1. The number of benzene rings is 1. The number of aliphatic hydroxyl groups is 1. The summed E-state index contributed by atoms with van der Waals surface area (Å²) in [6.07, 6.45) is 3.09. The maximum absolute atomic E-state index is 13.2. The Morgan fingerprint density at radius 1 is 1.15 bits per heavy atom. The maximum Gasteiger partial charge on any atom is 0.469 e. The summed E-state index contributed by atoms with van der Waals surface area (Å²) in [5.74, 6) is -1.23. The van der Waals surface area contributed by atoms with E-state index in [-0.39, 0.29) is 25.2 Å². The van der Waals surface area contributed by atoms with Gasteiger partial charge in [-0.25, -0.2) is 4.57 Å². The molecule has 224 valence electrons. The first-order valence-corrected chi connectivity index (χ1v) is 15.8. The van der Waals surface area contributed by atoms with Crippen LogP contribution in [0.3, 0.4) is 0 Å². The van der Waals surface area contributed by atoms with Crippen molar-refractivity contribution in [2.24, 2.45) is 11.3 Å². The normalized spacial score (nSPS) is 40.6. The second-order valence-electron chi connectivity index (χ2n) is 13.1. The van der Waals surface area contributed by atoms with Crippen molar-refractivity contribution in [3.05, 3.63) is 47.2 Å². The molecule has 41 heavy (non-hydrogen) atoms. The van der Waals surface area contributed by atoms with Crippen molar-refractivity contribution in [3.8, 4) is 0 Å². The third kappa shape index (κ3) is 3.96. The third-order valence-electron chi connectivity index (χ3n) is 11.0. The van der Waals surface area contributed by atoms with E-state index in [1.807, 2.05) is 32.9 Å². The van der Waals surface area contributed by atoms with Crippen molar-refractivity contribution >= 4 is 25.0 Å². The van der Waals surface area contributed by atoms with Crippen molar-refractivity contribution < 1.29 is 43.0 Å². The molecular weight excluding hydrogens is 549 g/mol. The summed E-state index contributed by atoms with van der Waals surface area (Å²) in [7, 11) is -4.69. The zero-order chi connectivity index (χ0) is 29.6. The molecule has 7 atom stereocenters. The molecule has 2 heterocycles. The van der Waals surface area contributed by atoms with Gasteiger partial charge in [-0.2, -0.15) is 0 Å². The van der Waals surface area contributed by atoms with Gasteiger partial charge >= 0.3 is 7.82 Å². The van der Waals surface area contributed by atoms with Crippen LogP contribution in [-0.4, -0.2) is 68.6 Å². The van der Waals surface area contributed by atoms with E-state index >= 15 is 0 Å². The molecule has 2 unspecified atom stereocenters. The topological polar surface area (TPSA) is 148 Å². The van der Waals surface area contributed by atoms with Crippen LogP contribution in [0.25, 0.3) is 10.9 Å². The highest BCUT2D eigenvalue weighted by molar-refractivity contribution is 7.46. The molecule has 11 heteroatoms. The number of carbonyl (C=O) groups excluding carboxylic acids is 1. The number of hydrogen-bond acceptors (Lipinski definition) is 7. The quantitative estimate of drug-likeness (QED) is 0.169. The molecule has 1 aromatic carbocycles. The molecule has 1 aromatic heterocycles. The number of nitrogens with one attached hydrogen (secondary N) is 1. The second kappa shape index (κ2) is 9.31. The molecule has 1 spiro atoms. The van der Waals surface area contributed by atoms with Gasteiger partial charge in [0.1, 0.15) is 11.9 Å². The van der Waals surface area contributed by atoms with Gasteiger partial charge in [0.25, 0.3) is 0 Å². The summed E-state index contributed by atoms with van der Waals surface area (Å²) >= 11 is 0. The van der Waals surface area contributed by atoms with E-state index in [4.69, 9.17) is 14.2 Å². The number of phosphoric ester groups is 1. The van der Waals surface area contributed by atoms with Gasteiger partial charge in [-0.05, 0) is 63.7 Å².